The van der Waals surface area contributed by atoms with Crippen LogP contribution in [0.5, 0.6) is 0 Å². The van der Waals surface area contributed by atoms with Crippen molar-refractivity contribution < 1.29 is 9.59 Å². The minimum atomic E-state index is -0.342. The van der Waals surface area contributed by atoms with E-state index in [4.69, 9.17) is 0 Å². The van der Waals surface area contributed by atoms with Gasteiger partial charge in [0.15, 0.2) is 0 Å². The first-order valence-corrected chi connectivity index (χ1v) is 10.3. The van der Waals surface area contributed by atoms with Crippen molar-refractivity contribution in [3.05, 3.63) is 35.4 Å². The number of rotatable bonds is 5. The number of benzene rings is 1. The Labute approximate surface area is 154 Å². The zero-order valence-electron chi connectivity index (χ0n) is 15.4. The SMILES string of the molecule is Cc1ccccc1[C@@H]1SCC(=O)N1[C@H](CC(C)C)C(=O)N1CCCC1. The number of nitrogens with zero attached hydrogens (tertiary/aromatic N) is 2. The number of carbonyl (C=O) groups is 2. The molecule has 5 heteroatoms. The molecule has 1 aromatic rings. The van der Waals surface area contributed by atoms with Crippen molar-refractivity contribution >= 4 is 23.6 Å². The van der Waals surface area contributed by atoms with Gasteiger partial charge in [-0.25, -0.2) is 0 Å². The summed E-state index contributed by atoms with van der Waals surface area (Å²) in [4.78, 5) is 29.8. The summed E-state index contributed by atoms with van der Waals surface area (Å²) in [5.74, 6) is 1.06. The van der Waals surface area contributed by atoms with E-state index in [0.717, 1.165) is 37.9 Å². The van der Waals surface area contributed by atoms with Gasteiger partial charge >= 0.3 is 0 Å². The molecular weight excluding hydrogens is 332 g/mol. The van der Waals surface area contributed by atoms with Crippen molar-refractivity contribution in [1.82, 2.24) is 9.80 Å². The molecule has 0 spiro atoms. The maximum atomic E-state index is 13.2. The Morgan fingerprint density at radius 3 is 2.56 bits per heavy atom. The average Bonchev–Trinajstić information content (AvgIpc) is 3.22. The fraction of sp³-hybridized carbons (Fsp3) is 0.600. The number of thioether (sulfide) groups is 1. The van der Waals surface area contributed by atoms with Crippen LogP contribution in [-0.4, -0.2) is 46.5 Å². The Hall–Kier alpha value is -1.49. The molecule has 2 aliphatic heterocycles. The van der Waals surface area contributed by atoms with Crippen molar-refractivity contribution in [2.45, 2.75) is 51.4 Å². The zero-order chi connectivity index (χ0) is 18.0. The number of amides is 2. The first kappa shape index (κ1) is 18.3. The molecule has 3 rings (SSSR count). The molecule has 0 bridgehead atoms. The standard InChI is InChI=1S/C20H28N2O2S/c1-14(2)12-17(19(24)21-10-6-7-11-21)22-18(23)13-25-20(22)16-9-5-4-8-15(16)3/h4-5,8-9,14,17,20H,6-7,10-13H2,1-3H3/t17-,20+/m1/s1. The second kappa shape index (κ2) is 7.81. The molecule has 0 aliphatic carbocycles. The van der Waals surface area contributed by atoms with Crippen molar-refractivity contribution in [1.29, 1.82) is 0 Å². The summed E-state index contributed by atoms with van der Waals surface area (Å²) >= 11 is 1.65. The van der Waals surface area contributed by atoms with Crippen molar-refractivity contribution in [3.63, 3.8) is 0 Å². The Bertz CT molecular complexity index is 640. The van der Waals surface area contributed by atoms with E-state index >= 15 is 0 Å². The van der Waals surface area contributed by atoms with Crippen LogP contribution >= 0.6 is 11.8 Å². The highest BCUT2D eigenvalue weighted by Gasteiger charge is 2.42. The summed E-state index contributed by atoms with van der Waals surface area (Å²) in [6, 6.07) is 7.86. The molecular formula is C20H28N2O2S. The first-order chi connectivity index (χ1) is 12.0. The summed E-state index contributed by atoms with van der Waals surface area (Å²) in [6.45, 7) is 7.99. The van der Waals surface area contributed by atoms with Crippen LogP contribution in [0.15, 0.2) is 24.3 Å². The van der Waals surface area contributed by atoms with Crippen molar-refractivity contribution in [3.8, 4) is 0 Å². The molecule has 0 saturated carbocycles. The lowest BCUT2D eigenvalue weighted by Crippen LogP contribution is -2.50. The molecule has 0 radical (unpaired) electrons. The molecule has 2 fully saturated rings. The Balaban J connectivity index is 1.92. The monoisotopic (exact) mass is 360 g/mol. The quantitative estimate of drug-likeness (QED) is 0.805. The summed E-state index contributed by atoms with van der Waals surface area (Å²) < 4.78 is 0. The Kier molecular flexibility index (Phi) is 5.72. The van der Waals surface area contributed by atoms with Gasteiger partial charge in [0, 0.05) is 13.1 Å². The summed E-state index contributed by atoms with van der Waals surface area (Å²) in [7, 11) is 0. The van der Waals surface area contributed by atoms with Crippen LogP contribution in [0, 0.1) is 12.8 Å². The highest BCUT2D eigenvalue weighted by Crippen LogP contribution is 2.42. The van der Waals surface area contributed by atoms with Crippen LogP contribution < -0.4 is 0 Å². The third-order valence-corrected chi connectivity index (χ3v) is 6.30. The lowest BCUT2D eigenvalue weighted by atomic mass is 9.99. The minimum absolute atomic E-state index is 0.0518. The van der Waals surface area contributed by atoms with E-state index in [1.807, 2.05) is 21.9 Å². The molecule has 1 aromatic carbocycles. The van der Waals surface area contributed by atoms with E-state index in [-0.39, 0.29) is 23.2 Å². The van der Waals surface area contributed by atoms with Crippen LogP contribution in [0.3, 0.4) is 0 Å². The van der Waals surface area contributed by atoms with E-state index in [1.54, 1.807) is 11.8 Å². The lowest BCUT2D eigenvalue weighted by Gasteiger charge is -2.35. The number of hydrogen-bond donors (Lipinski definition) is 0. The topological polar surface area (TPSA) is 40.6 Å². The normalized spacial score (nSPS) is 22.1. The number of carbonyl (C=O) groups excluding carboxylic acids is 2. The van der Waals surface area contributed by atoms with Crippen molar-refractivity contribution in [2.24, 2.45) is 5.92 Å². The first-order valence-electron chi connectivity index (χ1n) is 9.26. The number of aryl methyl sites for hydroxylation is 1. The molecule has 2 aliphatic rings. The third-order valence-electron chi connectivity index (χ3n) is 5.09. The van der Waals surface area contributed by atoms with Crippen molar-refractivity contribution in [2.75, 3.05) is 18.8 Å². The van der Waals surface area contributed by atoms with Gasteiger partial charge in [-0.2, -0.15) is 0 Å². The fourth-order valence-corrected chi connectivity index (χ4v) is 5.12. The third kappa shape index (κ3) is 3.86. The summed E-state index contributed by atoms with van der Waals surface area (Å²) in [5, 5.41) is -0.0518. The van der Waals surface area contributed by atoms with Gasteiger partial charge in [-0.1, -0.05) is 38.1 Å². The molecule has 2 saturated heterocycles. The highest BCUT2D eigenvalue weighted by atomic mass is 32.2. The minimum Gasteiger partial charge on any atom is -0.341 e. The second-order valence-electron chi connectivity index (χ2n) is 7.50. The van der Waals surface area contributed by atoms with Gasteiger partial charge in [0.1, 0.15) is 11.4 Å². The smallest absolute Gasteiger partial charge is 0.245 e. The van der Waals surface area contributed by atoms with Crippen LogP contribution in [-0.2, 0) is 9.59 Å². The van der Waals surface area contributed by atoms with Crippen LogP contribution in [0.2, 0.25) is 0 Å². The van der Waals surface area contributed by atoms with E-state index in [2.05, 4.69) is 32.9 Å². The van der Waals surface area contributed by atoms with Gasteiger partial charge in [0.05, 0.1) is 5.75 Å². The van der Waals surface area contributed by atoms with E-state index in [1.165, 1.54) is 5.56 Å². The van der Waals surface area contributed by atoms with Gasteiger partial charge in [-0.15, -0.1) is 11.8 Å². The van der Waals surface area contributed by atoms with Gasteiger partial charge < -0.3 is 9.80 Å². The molecule has 4 nitrogen and oxygen atoms in total. The average molecular weight is 361 g/mol. The maximum Gasteiger partial charge on any atom is 0.245 e. The largest absolute Gasteiger partial charge is 0.341 e. The molecule has 25 heavy (non-hydrogen) atoms. The van der Waals surface area contributed by atoms with Crippen LogP contribution in [0.1, 0.15) is 49.6 Å². The fourth-order valence-electron chi connectivity index (χ4n) is 3.80. The lowest BCUT2D eigenvalue weighted by molar-refractivity contribution is -0.144. The molecule has 2 amide bonds. The van der Waals surface area contributed by atoms with E-state index < -0.39 is 0 Å². The second-order valence-corrected chi connectivity index (χ2v) is 8.57. The van der Waals surface area contributed by atoms with Crippen LogP contribution in [0.25, 0.3) is 0 Å². The molecule has 2 heterocycles. The molecule has 136 valence electrons. The molecule has 2 atom stereocenters. The molecule has 0 N–H and O–H groups in total. The van der Waals surface area contributed by atoms with Gasteiger partial charge in [-0.3, -0.25) is 9.59 Å². The Morgan fingerprint density at radius 2 is 1.92 bits per heavy atom. The Morgan fingerprint density at radius 1 is 1.24 bits per heavy atom. The number of hydrogen-bond acceptors (Lipinski definition) is 3. The van der Waals surface area contributed by atoms with Gasteiger partial charge in [0.25, 0.3) is 0 Å². The summed E-state index contributed by atoms with van der Waals surface area (Å²) in [6.07, 6.45) is 2.87. The summed E-state index contributed by atoms with van der Waals surface area (Å²) in [5.41, 5.74) is 2.33. The molecule has 0 unspecified atom stereocenters. The number of likely N-dealkylation sites (tertiary alicyclic amines) is 1. The van der Waals surface area contributed by atoms with Gasteiger partial charge in [0.2, 0.25) is 11.8 Å². The predicted octanol–water partition coefficient (Wildman–Crippen LogP) is 3.61. The van der Waals surface area contributed by atoms with Crippen LogP contribution in [0.4, 0.5) is 0 Å². The van der Waals surface area contributed by atoms with E-state index in [0.29, 0.717) is 11.7 Å². The van der Waals surface area contributed by atoms with E-state index in [9.17, 15) is 9.59 Å². The maximum absolute atomic E-state index is 13.2. The predicted molar refractivity (Wildman–Crippen MR) is 102 cm³/mol. The highest BCUT2D eigenvalue weighted by molar-refractivity contribution is 8.00. The zero-order valence-corrected chi connectivity index (χ0v) is 16.2. The molecule has 0 aromatic heterocycles. The van der Waals surface area contributed by atoms with Gasteiger partial charge in [-0.05, 0) is 43.2 Å².